The van der Waals surface area contributed by atoms with Crippen LogP contribution in [-0.2, 0) is 4.79 Å². The number of alkyl halides is 3. The van der Waals surface area contributed by atoms with Crippen molar-refractivity contribution < 1.29 is 32.3 Å². The second-order valence-electron chi connectivity index (χ2n) is 3.30. The van der Waals surface area contributed by atoms with E-state index in [1.54, 1.807) is 0 Å². The van der Waals surface area contributed by atoms with Gasteiger partial charge in [-0.1, -0.05) is 6.07 Å². The minimum atomic E-state index is -5.19. The lowest BCUT2D eigenvalue weighted by atomic mass is 10.1. The van der Waals surface area contributed by atoms with Gasteiger partial charge in [0.1, 0.15) is 11.7 Å². The molecule has 0 bridgehead atoms. The fourth-order valence-corrected chi connectivity index (χ4v) is 1.09. The summed E-state index contributed by atoms with van der Waals surface area (Å²) in [5.41, 5.74) is 4.09. The van der Waals surface area contributed by atoms with Crippen molar-refractivity contribution in [2.75, 3.05) is 0 Å². The first kappa shape index (κ1) is 14.6. The number of hydrogen-bond donors (Lipinski definition) is 2. The second kappa shape index (κ2) is 5.04. The van der Waals surface area contributed by atoms with Gasteiger partial charge in [-0.15, -0.1) is 0 Å². The van der Waals surface area contributed by atoms with Crippen molar-refractivity contribution in [2.24, 2.45) is 10.7 Å². The Bertz CT molecular complexity index is 566. The first-order valence-corrected chi connectivity index (χ1v) is 4.61. The molecule has 0 unspecified atom stereocenters. The van der Waals surface area contributed by atoms with E-state index in [4.69, 9.17) is 10.8 Å². The molecule has 19 heavy (non-hydrogen) atoms. The summed E-state index contributed by atoms with van der Waals surface area (Å²) in [5, 5.41) is 8.54. The zero-order valence-electron chi connectivity index (χ0n) is 9.03. The number of aromatic carboxylic acids is 1. The number of benzene rings is 1. The average molecular weight is 278 g/mol. The molecule has 0 heterocycles. The van der Waals surface area contributed by atoms with Gasteiger partial charge in [-0.3, -0.25) is 4.79 Å². The third kappa shape index (κ3) is 3.50. The topological polar surface area (TPSA) is 92.8 Å². The van der Waals surface area contributed by atoms with Gasteiger partial charge in [0.05, 0.1) is 5.56 Å². The van der Waals surface area contributed by atoms with Crippen LogP contribution in [0.5, 0.6) is 0 Å². The molecule has 3 N–H and O–H groups in total. The molecule has 5 nitrogen and oxygen atoms in total. The molecule has 1 aromatic rings. The van der Waals surface area contributed by atoms with Gasteiger partial charge in [0.15, 0.2) is 0 Å². The third-order valence-corrected chi connectivity index (χ3v) is 1.96. The van der Waals surface area contributed by atoms with E-state index in [9.17, 15) is 27.2 Å². The van der Waals surface area contributed by atoms with E-state index in [1.165, 1.54) is 0 Å². The van der Waals surface area contributed by atoms with Crippen LogP contribution < -0.4 is 5.73 Å². The Morgan fingerprint density at radius 2 is 1.84 bits per heavy atom. The van der Waals surface area contributed by atoms with Gasteiger partial charge >= 0.3 is 18.1 Å². The van der Waals surface area contributed by atoms with Gasteiger partial charge in [-0.2, -0.15) is 18.2 Å². The highest BCUT2D eigenvalue weighted by Gasteiger charge is 2.38. The summed E-state index contributed by atoms with van der Waals surface area (Å²) < 4.78 is 49.0. The Morgan fingerprint density at radius 3 is 2.26 bits per heavy atom. The van der Waals surface area contributed by atoms with Crippen molar-refractivity contribution in [3.63, 3.8) is 0 Å². The molecule has 9 heteroatoms. The number of carbonyl (C=O) groups excluding carboxylic acids is 1. The maximum Gasteiger partial charge on any atom is 0.473 e. The van der Waals surface area contributed by atoms with Gasteiger partial charge in [-0.05, 0) is 12.1 Å². The van der Waals surface area contributed by atoms with E-state index in [0.29, 0.717) is 6.07 Å². The molecule has 0 saturated carbocycles. The number of rotatable bonds is 2. The van der Waals surface area contributed by atoms with Crippen molar-refractivity contribution in [3.8, 4) is 0 Å². The maximum atomic E-state index is 13.2. The predicted octanol–water partition coefficient (Wildman–Crippen LogP) is 1.32. The Labute approximate surface area is 103 Å². The van der Waals surface area contributed by atoms with Crippen LogP contribution in [0.15, 0.2) is 23.2 Å². The number of aliphatic imine (C=N–C) groups is 1. The fourth-order valence-electron chi connectivity index (χ4n) is 1.09. The Kier molecular flexibility index (Phi) is 3.88. The van der Waals surface area contributed by atoms with Crippen LogP contribution in [0.3, 0.4) is 0 Å². The number of carboxylic acids is 1. The third-order valence-electron chi connectivity index (χ3n) is 1.96. The lowest BCUT2D eigenvalue weighted by Crippen LogP contribution is -2.25. The van der Waals surface area contributed by atoms with E-state index in [2.05, 4.69) is 4.99 Å². The zero-order valence-corrected chi connectivity index (χ0v) is 9.03. The number of amides is 1. The highest BCUT2D eigenvalue weighted by Crippen LogP contribution is 2.17. The number of halogens is 4. The summed E-state index contributed by atoms with van der Waals surface area (Å²) in [6, 6.07) is 2.31. The van der Waals surface area contributed by atoms with Crippen LogP contribution in [0.25, 0.3) is 0 Å². The van der Waals surface area contributed by atoms with Crippen LogP contribution in [-0.4, -0.2) is 29.0 Å². The molecule has 0 saturated heterocycles. The van der Waals surface area contributed by atoms with Crippen LogP contribution in [0.1, 0.15) is 15.9 Å². The fraction of sp³-hybridized carbons (Fsp3) is 0.100. The summed E-state index contributed by atoms with van der Waals surface area (Å²) in [5.74, 6) is -6.06. The maximum absolute atomic E-state index is 13.2. The molecule has 0 aliphatic rings. The van der Waals surface area contributed by atoms with Crippen molar-refractivity contribution in [3.05, 3.63) is 35.1 Å². The Hall–Kier alpha value is -2.45. The summed E-state index contributed by atoms with van der Waals surface area (Å²) >= 11 is 0. The van der Waals surface area contributed by atoms with Crippen LogP contribution in [0.2, 0.25) is 0 Å². The van der Waals surface area contributed by atoms with E-state index in [-0.39, 0.29) is 5.56 Å². The molecule has 1 rings (SSSR count). The molecule has 0 radical (unpaired) electrons. The molecule has 0 aliphatic carbocycles. The first-order valence-electron chi connectivity index (χ1n) is 4.61. The average Bonchev–Trinajstić information content (AvgIpc) is 2.26. The largest absolute Gasteiger partial charge is 0.478 e. The number of nitrogens with two attached hydrogens (primary N) is 1. The smallest absolute Gasteiger partial charge is 0.473 e. The van der Waals surface area contributed by atoms with Gasteiger partial charge in [-0.25, -0.2) is 9.18 Å². The van der Waals surface area contributed by atoms with Gasteiger partial charge < -0.3 is 10.8 Å². The lowest BCUT2D eigenvalue weighted by molar-refractivity contribution is -0.169. The van der Waals surface area contributed by atoms with Crippen molar-refractivity contribution >= 4 is 17.7 Å². The summed E-state index contributed by atoms with van der Waals surface area (Å²) in [7, 11) is 0. The summed E-state index contributed by atoms with van der Waals surface area (Å²) in [6.07, 6.45) is -5.19. The van der Waals surface area contributed by atoms with Crippen molar-refractivity contribution in [1.29, 1.82) is 0 Å². The van der Waals surface area contributed by atoms with E-state index < -0.39 is 35.3 Å². The minimum absolute atomic E-state index is 0.333. The molecule has 0 spiro atoms. The Morgan fingerprint density at radius 1 is 1.26 bits per heavy atom. The lowest BCUT2D eigenvalue weighted by Gasteiger charge is -2.04. The normalized spacial score (nSPS) is 12.3. The molecular weight excluding hydrogens is 272 g/mol. The zero-order chi connectivity index (χ0) is 14.8. The predicted molar refractivity (Wildman–Crippen MR) is 55.1 cm³/mol. The van der Waals surface area contributed by atoms with Crippen molar-refractivity contribution in [2.45, 2.75) is 6.18 Å². The molecule has 1 aromatic carbocycles. The number of carbonyl (C=O) groups is 2. The molecule has 0 aromatic heterocycles. The number of amidine groups is 1. The van der Waals surface area contributed by atoms with Gasteiger partial charge in [0.25, 0.3) is 0 Å². The SMILES string of the molecule is NC(=NC(=O)C(F)(F)F)c1ccc(C(=O)O)c(F)c1. The van der Waals surface area contributed by atoms with E-state index >= 15 is 0 Å². The molecule has 0 aliphatic heterocycles. The highest BCUT2D eigenvalue weighted by molar-refractivity contribution is 6.05. The summed E-state index contributed by atoms with van der Waals surface area (Å²) in [6.45, 7) is 0. The minimum Gasteiger partial charge on any atom is -0.478 e. The second-order valence-corrected chi connectivity index (χ2v) is 3.30. The van der Waals surface area contributed by atoms with E-state index in [1.807, 2.05) is 0 Å². The van der Waals surface area contributed by atoms with Crippen LogP contribution in [0.4, 0.5) is 17.6 Å². The monoisotopic (exact) mass is 278 g/mol. The Balaban J connectivity index is 3.11. The molecule has 1 amide bonds. The van der Waals surface area contributed by atoms with Crippen LogP contribution >= 0.6 is 0 Å². The molecule has 0 atom stereocenters. The van der Waals surface area contributed by atoms with Gasteiger partial charge in [0, 0.05) is 5.56 Å². The quantitative estimate of drug-likeness (QED) is 0.484. The number of carboxylic acid groups (broad SMARTS) is 1. The highest BCUT2D eigenvalue weighted by atomic mass is 19.4. The van der Waals surface area contributed by atoms with Gasteiger partial charge in [0.2, 0.25) is 0 Å². The first-order chi connectivity index (χ1) is 8.62. The number of nitrogens with zero attached hydrogens (tertiary/aromatic N) is 1. The van der Waals surface area contributed by atoms with E-state index in [0.717, 1.165) is 12.1 Å². The summed E-state index contributed by atoms with van der Waals surface area (Å²) in [4.78, 5) is 23.6. The molecular formula is C10H6F4N2O3. The molecule has 102 valence electrons. The van der Waals surface area contributed by atoms with Crippen LogP contribution in [0, 0.1) is 5.82 Å². The number of hydrogen-bond acceptors (Lipinski definition) is 2. The van der Waals surface area contributed by atoms with Crippen molar-refractivity contribution in [1.82, 2.24) is 0 Å². The molecule has 0 fully saturated rings. The standard InChI is InChI=1S/C10H6F4N2O3/c11-6-3-4(1-2-5(6)8(17)18)7(15)16-9(19)10(12,13)14/h1-3H,(H,17,18)(H2,15,16,19).